The number of nitrogens with one attached hydrogen (secondary N) is 1. The van der Waals surface area contributed by atoms with Crippen molar-refractivity contribution in [2.75, 3.05) is 13.1 Å². The Hall–Kier alpha value is -2.60. The summed E-state index contributed by atoms with van der Waals surface area (Å²) in [6, 6.07) is 8.32. The molecule has 0 bridgehead atoms. The van der Waals surface area contributed by atoms with Crippen LogP contribution >= 0.6 is 0 Å². The van der Waals surface area contributed by atoms with Gasteiger partial charge in [-0.3, -0.25) is 9.48 Å². The molecule has 2 N–H and O–H groups in total. The quantitative estimate of drug-likeness (QED) is 0.770. The summed E-state index contributed by atoms with van der Waals surface area (Å²) in [7, 11) is 1.77. The molecule has 3 heterocycles. The van der Waals surface area contributed by atoms with E-state index < -0.39 is 6.10 Å². The Labute approximate surface area is 146 Å². The average Bonchev–Trinajstić information content (AvgIpc) is 3.27. The number of aryl methyl sites for hydroxylation is 1. The molecule has 0 spiro atoms. The highest BCUT2D eigenvalue weighted by atomic mass is 16.3. The highest BCUT2D eigenvalue weighted by Crippen LogP contribution is 2.33. The van der Waals surface area contributed by atoms with Crippen LogP contribution < -0.4 is 0 Å². The number of rotatable bonds is 3. The lowest BCUT2D eigenvalue weighted by Crippen LogP contribution is -2.40. The molecule has 0 unspecified atom stereocenters. The van der Waals surface area contributed by atoms with Crippen LogP contribution in [-0.4, -0.2) is 43.8 Å². The SMILES string of the molecule is Cn1cc([C@@H](O)C(=O)N2CCC(c3c[nH]c4ccccc34)CC2)cn1. The highest BCUT2D eigenvalue weighted by molar-refractivity contribution is 5.84. The number of hydrogen-bond acceptors (Lipinski definition) is 3. The largest absolute Gasteiger partial charge is 0.378 e. The number of hydrogen-bond donors (Lipinski definition) is 2. The number of aromatic nitrogens is 3. The first kappa shape index (κ1) is 15.9. The number of para-hydroxylation sites is 1. The Morgan fingerprint density at radius 3 is 2.80 bits per heavy atom. The van der Waals surface area contributed by atoms with E-state index in [9.17, 15) is 9.90 Å². The molecule has 0 radical (unpaired) electrons. The minimum atomic E-state index is -1.13. The molecule has 6 heteroatoms. The third-order valence-corrected chi connectivity index (χ3v) is 5.14. The molecule has 1 fully saturated rings. The fraction of sp³-hybridized carbons (Fsp3) is 0.368. The summed E-state index contributed by atoms with van der Waals surface area (Å²) in [6.07, 6.45) is 6.01. The van der Waals surface area contributed by atoms with Crippen molar-refractivity contribution in [2.45, 2.75) is 24.9 Å². The van der Waals surface area contributed by atoms with E-state index in [0.29, 0.717) is 24.6 Å². The van der Waals surface area contributed by atoms with Gasteiger partial charge in [0.25, 0.3) is 5.91 Å². The third kappa shape index (κ3) is 2.93. The molecule has 1 aromatic carbocycles. The monoisotopic (exact) mass is 338 g/mol. The first-order valence-electron chi connectivity index (χ1n) is 8.65. The van der Waals surface area contributed by atoms with Gasteiger partial charge in [-0.2, -0.15) is 5.10 Å². The van der Waals surface area contributed by atoms with E-state index >= 15 is 0 Å². The second-order valence-corrected chi connectivity index (χ2v) is 6.74. The molecule has 3 aromatic rings. The molecule has 0 aliphatic carbocycles. The second-order valence-electron chi connectivity index (χ2n) is 6.74. The van der Waals surface area contributed by atoms with Gasteiger partial charge in [0.15, 0.2) is 6.10 Å². The van der Waals surface area contributed by atoms with Crippen molar-refractivity contribution in [1.29, 1.82) is 0 Å². The summed E-state index contributed by atoms with van der Waals surface area (Å²) >= 11 is 0. The lowest BCUT2D eigenvalue weighted by atomic mass is 9.89. The van der Waals surface area contributed by atoms with E-state index in [1.54, 1.807) is 29.0 Å². The fourth-order valence-corrected chi connectivity index (χ4v) is 3.74. The standard InChI is InChI=1S/C19H22N4O2/c1-22-12-14(10-21-22)18(24)19(25)23-8-6-13(7-9-23)16-11-20-17-5-3-2-4-15(16)17/h2-5,10-13,18,20,24H,6-9H2,1H3/t18-/m1/s1. The van der Waals surface area contributed by atoms with Crippen molar-refractivity contribution in [1.82, 2.24) is 19.7 Å². The van der Waals surface area contributed by atoms with Crippen molar-refractivity contribution in [3.05, 3.63) is 54.0 Å². The summed E-state index contributed by atoms with van der Waals surface area (Å²) in [6.45, 7) is 1.33. The summed E-state index contributed by atoms with van der Waals surface area (Å²) < 4.78 is 1.59. The van der Waals surface area contributed by atoms with E-state index in [2.05, 4.69) is 34.5 Å². The number of nitrogens with zero attached hydrogens (tertiary/aromatic N) is 3. The first-order valence-corrected chi connectivity index (χ1v) is 8.65. The highest BCUT2D eigenvalue weighted by Gasteiger charge is 2.29. The molecule has 1 saturated heterocycles. The van der Waals surface area contributed by atoms with Crippen LogP contribution in [0.25, 0.3) is 10.9 Å². The lowest BCUT2D eigenvalue weighted by molar-refractivity contribution is -0.141. The molecular weight excluding hydrogens is 316 g/mol. The van der Waals surface area contributed by atoms with Gasteiger partial charge >= 0.3 is 0 Å². The molecule has 6 nitrogen and oxygen atoms in total. The van der Waals surface area contributed by atoms with Crippen molar-refractivity contribution < 1.29 is 9.90 Å². The van der Waals surface area contributed by atoms with Crippen LogP contribution in [0.4, 0.5) is 0 Å². The van der Waals surface area contributed by atoms with Crippen LogP contribution in [0.2, 0.25) is 0 Å². The molecule has 0 saturated carbocycles. The minimum absolute atomic E-state index is 0.231. The molecular formula is C19H22N4O2. The number of amides is 1. The molecule has 1 atom stereocenters. The van der Waals surface area contributed by atoms with Gasteiger partial charge in [-0.15, -0.1) is 0 Å². The number of aliphatic hydroxyl groups excluding tert-OH is 1. The number of H-pyrrole nitrogens is 1. The van der Waals surface area contributed by atoms with E-state index in [-0.39, 0.29) is 5.91 Å². The Morgan fingerprint density at radius 2 is 2.08 bits per heavy atom. The van der Waals surface area contributed by atoms with Gasteiger partial charge in [0.2, 0.25) is 0 Å². The van der Waals surface area contributed by atoms with Gasteiger partial charge in [0.05, 0.1) is 6.20 Å². The maximum atomic E-state index is 12.5. The zero-order chi connectivity index (χ0) is 17.4. The van der Waals surface area contributed by atoms with Crippen LogP contribution in [-0.2, 0) is 11.8 Å². The lowest BCUT2D eigenvalue weighted by Gasteiger charge is -2.33. The Bertz CT molecular complexity index is 890. The summed E-state index contributed by atoms with van der Waals surface area (Å²) in [4.78, 5) is 17.6. The van der Waals surface area contributed by atoms with Gasteiger partial charge < -0.3 is 15.0 Å². The number of aromatic amines is 1. The van der Waals surface area contributed by atoms with Crippen LogP contribution in [0.5, 0.6) is 0 Å². The minimum Gasteiger partial charge on any atom is -0.378 e. The Kier molecular flexibility index (Phi) is 4.05. The van der Waals surface area contributed by atoms with Crippen LogP contribution in [0.3, 0.4) is 0 Å². The summed E-state index contributed by atoms with van der Waals surface area (Å²) in [5.41, 5.74) is 3.03. The zero-order valence-electron chi connectivity index (χ0n) is 14.2. The molecule has 2 aromatic heterocycles. The van der Waals surface area contributed by atoms with Crippen molar-refractivity contribution in [2.24, 2.45) is 7.05 Å². The van der Waals surface area contributed by atoms with Crippen LogP contribution in [0.15, 0.2) is 42.9 Å². The topological polar surface area (TPSA) is 74.2 Å². The Morgan fingerprint density at radius 1 is 1.32 bits per heavy atom. The van der Waals surface area contributed by atoms with Crippen LogP contribution in [0, 0.1) is 0 Å². The van der Waals surface area contributed by atoms with E-state index in [1.807, 2.05) is 6.07 Å². The van der Waals surface area contributed by atoms with Gasteiger partial charge in [0.1, 0.15) is 0 Å². The third-order valence-electron chi connectivity index (χ3n) is 5.14. The maximum Gasteiger partial charge on any atom is 0.256 e. The first-order chi connectivity index (χ1) is 12.1. The molecule has 1 aliphatic rings. The number of piperidine rings is 1. The number of carbonyl (C=O) groups excluding carboxylic acids is 1. The molecule has 1 aliphatic heterocycles. The maximum absolute atomic E-state index is 12.5. The zero-order valence-corrected chi connectivity index (χ0v) is 14.2. The number of fused-ring (bicyclic) bond motifs is 1. The number of carbonyl (C=O) groups is 1. The number of aliphatic hydroxyl groups is 1. The van der Waals surface area contributed by atoms with E-state index in [1.165, 1.54) is 10.9 Å². The van der Waals surface area contributed by atoms with Crippen LogP contribution in [0.1, 0.15) is 36.0 Å². The van der Waals surface area contributed by atoms with Crippen molar-refractivity contribution in [3.63, 3.8) is 0 Å². The fourth-order valence-electron chi connectivity index (χ4n) is 3.74. The Balaban J connectivity index is 1.43. The molecule has 4 rings (SSSR count). The smallest absolute Gasteiger partial charge is 0.256 e. The molecule has 1 amide bonds. The van der Waals surface area contributed by atoms with Crippen molar-refractivity contribution in [3.8, 4) is 0 Å². The molecule has 25 heavy (non-hydrogen) atoms. The van der Waals surface area contributed by atoms with Gasteiger partial charge in [-0.05, 0) is 30.4 Å². The predicted molar refractivity (Wildman–Crippen MR) is 95.0 cm³/mol. The average molecular weight is 338 g/mol. The number of likely N-dealkylation sites (tertiary alicyclic amines) is 1. The van der Waals surface area contributed by atoms with Gasteiger partial charge in [-0.25, -0.2) is 0 Å². The van der Waals surface area contributed by atoms with E-state index in [4.69, 9.17) is 0 Å². The number of benzene rings is 1. The van der Waals surface area contributed by atoms with E-state index in [0.717, 1.165) is 18.4 Å². The van der Waals surface area contributed by atoms with Gasteiger partial charge in [0, 0.05) is 49.0 Å². The summed E-state index contributed by atoms with van der Waals surface area (Å²) in [5, 5.41) is 15.6. The van der Waals surface area contributed by atoms with Gasteiger partial charge in [-0.1, -0.05) is 18.2 Å². The normalized spacial score (nSPS) is 17.1. The van der Waals surface area contributed by atoms with Crippen molar-refractivity contribution >= 4 is 16.8 Å². The molecule has 130 valence electrons. The predicted octanol–water partition coefficient (Wildman–Crippen LogP) is 2.34. The summed E-state index contributed by atoms with van der Waals surface area (Å²) in [5.74, 6) is 0.209. The second kappa shape index (κ2) is 6.37.